The SMILES string of the molecule is CC1(C)c2ccccc2N2c3c1ccc(-c1cccc(-c4cccc(N(c5ccccc5)c5ccc(-c6ccccc6)cc5)c4)c1)c3Oc1ccc3ccccc3c12. The van der Waals surface area contributed by atoms with Crippen LogP contribution in [0.5, 0.6) is 11.5 Å². The van der Waals surface area contributed by atoms with E-state index >= 15 is 0 Å². The first kappa shape index (κ1) is 33.9. The molecule has 0 atom stereocenters. The van der Waals surface area contributed by atoms with Gasteiger partial charge in [0.25, 0.3) is 0 Å². The molecule has 0 radical (unpaired) electrons. The first-order valence-corrected chi connectivity index (χ1v) is 20.0. The molecule has 0 aromatic heterocycles. The maximum atomic E-state index is 7.11. The lowest BCUT2D eigenvalue weighted by Crippen LogP contribution is -2.32. The van der Waals surface area contributed by atoms with Crippen molar-refractivity contribution in [1.29, 1.82) is 0 Å². The molecule has 276 valence electrons. The van der Waals surface area contributed by atoms with E-state index in [2.05, 4.69) is 230 Å². The Kier molecular flexibility index (Phi) is 7.84. The maximum Gasteiger partial charge on any atom is 0.159 e. The number of hydrogen-bond acceptors (Lipinski definition) is 3. The molecule has 0 saturated carbocycles. The molecular formula is C55H40N2O. The average molecular weight is 745 g/mol. The molecule has 11 rings (SSSR count). The van der Waals surface area contributed by atoms with Crippen LogP contribution in [0.25, 0.3) is 44.2 Å². The number of rotatable bonds is 6. The monoisotopic (exact) mass is 744 g/mol. The third kappa shape index (κ3) is 5.43. The predicted molar refractivity (Wildman–Crippen MR) is 242 cm³/mol. The van der Waals surface area contributed by atoms with Crippen molar-refractivity contribution in [2.75, 3.05) is 9.80 Å². The molecule has 0 fully saturated rings. The van der Waals surface area contributed by atoms with Crippen LogP contribution in [0.1, 0.15) is 25.0 Å². The second-order valence-electron chi connectivity index (χ2n) is 15.8. The first-order chi connectivity index (χ1) is 28.5. The predicted octanol–water partition coefficient (Wildman–Crippen LogP) is 15.5. The molecule has 0 amide bonds. The molecule has 58 heavy (non-hydrogen) atoms. The van der Waals surface area contributed by atoms with Crippen molar-refractivity contribution in [3.63, 3.8) is 0 Å². The van der Waals surface area contributed by atoms with Crippen LogP contribution in [0.4, 0.5) is 34.1 Å². The molecule has 0 bridgehead atoms. The van der Waals surface area contributed by atoms with Crippen molar-refractivity contribution in [1.82, 2.24) is 0 Å². The summed E-state index contributed by atoms with van der Waals surface area (Å²) in [4.78, 5) is 4.80. The zero-order chi connectivity index (χ0) is 38.8. The molecule has 9 aromatic rings. The minimum Gasteiger partial charge on any atom is -0.452 e. The van der Waals surface area contributed by atoms with E-state index in [0.29, 0.717) is 0 Å². The fraction of sp³-hybridized carbons (Fsp3) is 0.0545. The summed E-state index contributed by atoms with van der Waals surface area (Å²) < 4.78 is 7.11. The Bertz CT molecular complexity index is 3010. The van der Waals surface area contributed by atoms with E-state index in [0.717, 1.165) is 62.2 Å². The summed E-state index contributed by atoms with van der Waals surface area (Å²) in [6, 6.07) is 74.1. The molecule has 2 heterocycles. The van der Waals surface area contributed by atoms with E-state index in [1.54, 1.807) is 0 Å². The van der Waals surface area contributed by atoms with E-state index < -0.39 is 0 Å². The summed E-state index contributed by atoms with van der Waals surface area (Å²) in [6.45, 7) is 4.67. The summed E-state index contributed by atoms with van der Waals surface area (Å²) in [7, 11) is 0. The van der Waals surface area contributed by atoms with Gasteiger partial charge in [-0.25, -0.2) is 0 Å². The summed E-state index contributed by atoms with van der Waals surface area (Å²) >= 11 is 0. The number of benzene rings is 9. The highest BCUT2D eigenvalue weighted by Crippen LogP contribution is 2.63. The van der Waals surface area contributed by atoms with Crippen LogP contribution in [0.2, 0.25) is 0 Å². The fourth-order valence-corrected chi connectivity index (χ4v) is 9.13. The lowest BCUT2D eigenvalue weighted by molar-refractivity contribution is 0.474. The van der Waals surface area contributed by atoms with Crippen LogP contribution in [0, 0.1) is 0 Å². The number of fused-ring (bicyclic) bond motifs is 6. The van der Waals surface area contributed by atoms with E-state index in [-0.39, 0.29) is 5.41 Å². The van der Waals surface area contributed by atoms with Crippen LogP contribution in [0.3, 0.4) is 0 Å². The van der Waals surface area contributed by atoms with Gasteiger partial charge < -0.3 is 14.5 Å². The van der Waals surface area contributed by atoms with E-state index in [4.69, 9.17) is 4.74 Å². The Hall–Kier alpha value is -7.36. The number of ether oxygens (including phenoxy) is 1. The first-order valence-electron chi connectivity index (χ1n) is 20.0. The minimum absolute atomic E-state index is 0.226. The molecule has 0 aliphatic carbocycles. The Labute approximate surface area is 339 Å². The molecule has 0 saturated heterocycles. The number of hydrogen-bond donors (Lipinski definition) is 0. The third-order valence-electron chi connectivity index (χ3n) is 12.0. The molecule has 0 unspecified atom stereocenters. The highest BCUT2D eigenvalue weighted by molar-refractivity contribution is 6.07. The summed E-state index contributed by atoms with van der Waals surface area (Å²) in [6.07, 6.45) is 0. The lowest BCUT2D eigenvalue weighted by Gasteiger charge is -2.45. The zero-order valence-electron chi connectivity index (χ0n) is 32.4. The van der Waals surface area contributed by atoms with Crippen LogP contribution < -0.4 is 14.5 Å². The fourth-order valence-electron chi connectivity index (χ4n) is 9.13. The van der Waals surface area contributed by atoms with Gasteiger partial charge in [0.2, 0.25) is 0 Å². The van der Waals surface area contributed by atoms with Gasteiger partial charge in [0.1, 0.15) is 0 Å². The van der Waals surface area contributed by atoms with Crippen molar-refractivity contribution in [2.45, 2.75) is 19.3 Å². The summed E-state index contributed by atoms with van der Waals surface area (Å²) in [5.41, 5.74) is 15.9. The van der Waals surface area contributed by atoms with Crippen LogP contribution >= 0.6 is 0 Å². The molecule has 2 aliphatic heterocycles. The molecule has 0 spiro atoms. The van der Waals surface area contributed by atoms with Crippen LogP contribution in [-0.4, -0.2) is 0 Å². The topological polar surface area (TPSA) is 15.7 Å². The number of nitrogens with zero attached hydrogens (tertiary/aromatic N) is 2. The van der Waals surface area contributed by atoms with Gasteiger partial charge in [-0.2, -0.15) is 0 Å². The Morgan fingerprint density at radius 1 is 0.431 bits per heavy atom. The second kappa shape index (κ2) is 13.4. The van der Waals surface area contributed by atoms with Crippen LogP contribution in [-0.2, 0) is 5.41 Å². The molecular weight excluding hydrogens is 705 g/mol. The normalized spacial score (nSPS) is 13.2. The van der Waals surface area contributed by atoms with Gasteiger partial charge >= 0.3 is 0 Å². The summed E-state index contributed by atoms with van der Waals surface area (Å²) in [5.74, 6) is 1.75. The highest BCUT2D eigenvalue weighted by Gasteiger charge is 2.43. The second-order valence-corrected chi connectivity index (χ2v) is 15.8. The molecule has 3 nitrogen and oxygen atoms in total. The third-order valence-corrected chi connectivity index (χ3v) is 12.0. The van der Waals surface area contributed by atoms with Crippen LogP contribution in [0.15, 0.2) is 206 Å². The summed E-state index contributed by atoms with van der Waals surface area (Å²) in [5, 5.41) is 2.37. The van der Waals surface area contributed by atoms with E-state index in [9.17, 15) is 0 Å². The molecule has 0 N–H and O–H groups in total. The standard InChI is InChI=1S/C55H40N2O/c1-55(2)48-25-11-12-26-50(48)57-52-46-24-10-9-17-39(46)29-34-51(52)58-54-47(32-33-49(55)53(54)57)42-20-13-18-40(35-42)41-19-14-23-45(36-41)56(43-21-7-4-8-22-43)44-30-27-38(28-31-44)37-15-5-3-6-16-37/h3-36H,1-2H3. The molecule has 3 heteroatoms. The zero-order valence-corrected chi connectivity index (χ0v) is 32.4. The Morgan fingerprint density at radius 2 is 1.05 bits per heavy atom. The molecule has 9 aromatic carbocycles. The molecule has 2 aliphatic rings. The van der Waals surface area contributed by atoms with Crippen molar-refractivity contribution < 1.29 is 4.74 Å². The van der Waals surface area contributed by atoms with Gasteiger partial charge in [-0.05, 0) is 98.9 Å². The Morgan fingerprint density at radius 3 is 1.88 bits per heavy atom. The highest BCUT2D eigenvalue weighted by atomic mass is 16.5. The van der Waals surface area contributed by atoms with Crippen molar-refractivity contribution in [2.24, 2.45) is 0 Å². The van der Waals surface area contributed by atoms with Gasteiger partial charge in [-0.3, -0.25) is 0 Å². The van der Waals surface area contributed by atoms with Gasteiger partial charge in [0.15, 0.2) is 11.5 Å². The van der Waals surface area contributed by atoms with Gasteiger partial charge in [-0.15, -0.1) is 0 Å². The van der Waals surface area contributed by atoms with Crippen molar-refractivity contribution in [3.05, 3.63) is 217 Å². The minimum atomic E-state index is -0.226. The average Bonchev–Trinajstić information content (AvgIpc) is 3.28. The Balaban J connectivity index is 1.02. The van der Waals surface area contributed by atoms with Crippen molar-refractivity contribution in [3.8, 4) is 44.9 Å². The maximum absolute atomic E-state index is 7.11. The quantitative estimate of drug-likeness (QED) is 0.169. The van der Waals surface area contributed by atoms with E-state index in [1.165, 1.54) is 38.7 Å². The van der Waals surface area contributed by atoms with Gasteiger partial charge in [-0.1, -0.05) is 166 Å². The van der Waals surface area contributed by atoms with Gasteiger partial charge in [0, 0.05) is 33.4 Å². The van der Waals surface area contributed by atoms with Gasteiger partial charge in [0.05, 0.1) is 17.1 Å². The van der Waals surface area contributed by atoms with E-state index in [1.807, 2.05) is 0 Å². The lowest BCUT2D eigenvalue weighted by atomic mass is 9.72. The number of anilines is 6. The smallest absolute Gasteiger partial charge is 0.159 e. The number of para-hydroxylation sites is 2. The van der Waals surface area contributed by atoms with Crippen molar-refractivity contribution >= 4 is 44.9 Å². The largest absolute Gasteiger partial charge is 0.452 e.